The lowest BCUT2D eigenvalue weighted by Crippen LogP contribution is -2.30. The molecule has 0 spiro atoms. The van der Waals surface area contributed by atoms with Gasteiger partial charge in [0.05, 0.1) is 13.2 Å². The lowest BCUT2D eigenvalue weighted by atomic mass is 9.86. The second-order valence-corrected chi connectivity index (χ2v) is 4.50. The summed E-state index contributed by atoms with van der Waals surface area (Å²) in [5.74, 6) is 0.744. The number of nitrogens with zero attached hydrogens (tertiary/aromatic N) is 3. The standard InChI is InChI=1S/C11H19N5O2/c1-18-11-15-9(12)14-10(16-11)13-6-7-4-2-3-5-8(7)17/h7-8,17H,2-6H2,1H3,(H3,12,13,14,15,16). The van der Waals surface area contributed by atoms with Crippen LogP contribution in [0.15, 0.2) is 0 Å². The molecule has 7 nitrogen and oxygen atoms in total. The topological polar surface area (TPSA) is 106 Å². The molecule has 1 aliphatic carbocycles. The quantitative estimate of drug-likeness (QED) is 0.714. The Balaban J connectivity index is 1.94. The van der Waals surface area contributed by atoms with E-state index >= 15 is 0 Å². The Kier molecular flexibility index (Phi) is 4.14. The first-order chi connectivity index (χ1) is 8.69. The number of methoxy groups -OCH3 is 1. The van der Waals surface area contributed by atoms with Crippen molar-refractivity contribution in [3.63, 3.8) is 0 Å². The Morgan fingerprint density at radius 1 is 1.33 bits per heavy atom. The Bertz CT molecular complexity index is 401. The third kappa shape index (κ3) is 3.19. The molecular weight excluding hydrogens is 234 g/mol. The first-order valence-corrected chi connectivity index (χ1v) is 6.16. The minimum Gasteiger partial charge on any atom is -0.467 e. The third-order valence-corrected chi connectivity index (χ3v) is 3.21. The molecule has 1 aromatic rings. The number of hydrogen-bond donors (Lipinski definition) is 3. The maximum Gasteiger partial charge on any atom is 0.322 e. The Morgan fingerprint density at radius 2 is 2.11 bits per heavy atom. The number of aliphatic hydroxyl groups is 1. The van der Waals surface area contributed by atoms with Crippen LogP contribution in [-0.4, -0.2) is 39.8 Å². The molecule has 1 aliphatic rings. The molecule has 2 atom stereocenters. The van der Waals surface area contributed by atoms with Crippen LogP contribution < -0.4 is 15.8 Å². The maximum absolute atomic E-state index is 9.86. The summed E-state index contributed by atoms with van der Waals surface area (Å²) in [4.78, 5) is 11.8. The smallest absolute Gasteiger partial charge is 0.322 e. The Hall–Kier alpha value is -1.63. The molecule has 0 saturated heterocycles. The molecule has 1 fully saturated rings. The molecular formula is C11H19N5O2. The van der Waals surface area contributed by atoms with Gasteiger partial charge in [-0.2, -0.15) is 15.0 Å². The summed E-state index contributed by atoms with van der Waals surface area (Å²) in [6, 6.07) is 0.189. The van der Waals surface area contributed by atoms with Crippen molar-refractivity contribution in [3.05, 3.63) is 0 Å². The van der Waals surface area contributed by atoms with Gasteiger partial charge in [-0.1, -0.05) is 12.8 Å². The summed E-state index contributed by atoms with van der Waals surface area (Å²) < 4.78 is 4.92. The summed E-state index contributed by atoms with van der Waals surface area (Å²) in [5, 5.41) is 12.9. The Morgan fingerprint density at radius 3 is 2.83 bits per heavy atom. The molecule has 0 amide bonds. The molecule has 0 radical (unpaired) electrons. The highest BCUT2D eigenvalue weighted by Gasteiger charge is 2.22. The molecule has 4 N–H and O–H groups in total. The first kappa shape index (κ1) is 12.8. The van der Waals surface area contributed by atoms with Gasteiger partial charge in [0.1, 0.15) is 0 Å². The van der Waals surface area contributed by atoms with Crippen LogP contribution in [0.1, 0.15) is 25.7 Å². The molecule has 1 heterocycles. The molecule has 0 aromatic carbocycles. The second kappa shape index (κ2) is 5.81. The second-order valence-electron chi connectivity index (χ2n) is 4.50. The van der Waals surface area contributed by atoms with Crippen molar-refractivity contribution in [3.8, 4) is 6.01 Å². The molecule has 0 aliphatic heterocycles. The minimum atomic E-state index is -0.243. The number of anilines is 2. The van der Waals surface area contributed by atoms with E-state index < -0.39 is 0 Å². The fraction of sp³-hybridized carbons (Fsp3) is 0.727. The van der Waals surface area contributed by atoms with Gasteiger partial charge in [0, 0.05) is 12.5 Å². The van der Waals surface area contributed by atoms with E-state index in [9.17, 15) is 5.11 Å². The molecule has 1 saturated carbocycles. The van der Waals surface area contributed by atoms with E-state index in [0.717, 1.165) is 25.7 Å². The number of ether oxygens (including phenoxy) is 1. The van der Waals surface area contributed by atoms with E-state index in [-0.39, 0.29) is 24.0 Å². The van der Waals surface area contributed by atoms with Crippen molar-refractivity contribution >= 4 is 11.9 Å². The molecule has 0 bridgehead atoms. The predicted molar refractivity (Wildman–Crippen MR) is 67.2 cm³/mol. The normalized spacial score (nSPS) is 23.7. The van der Waals surface area contributed by atoms with Gasteiger partial charge in [-0.25, -0.2) is 0 Å². The zero-order valence-electron chi connectivity index (χ0n) is 10.5. The zero-order chi connectivity index (χ0) is 13.0. The Labute approximate surface area is 106 Å². The lowest BCUT2D eigenvalue weighted by Gasteiger charge is -2.27. The van der Waals surface area contributed by atoms with Crippen LogP contribution in [0, 0.1) is 5.92 Å². The molecule has 2 rings (SSSR count). The van der Waals surface area contributed by atoms with Crippen LogP contribution in [0.5, 0.6) is 6.01 Å². The van der Waals surface area contributed by atoms with E-state index in [4.69, 9.17) is 10.5 Å². The molecule has 18 heavy (non-hydrogen) atoms. The van der Waals surface area contributed by atoms with E-state index in [1.54, 1.807) is 0 Å². The van der Waals surface area contributed by atoms with Gasteiger partial charge in [-0.05, 0) is 12.8 Å². The average molecular weight is 253 g/mol. The van der Waals surface area contributed by atoms with Crippen LogP contribution in [-0.2, 0) is 0 Å². The predicted octanol–water partition coefficient (Wildman–Crippen LogP) is 0.425. The minimum absolute atomic E-state index is 0.119. The van der Waals surface area contributed by atoms with Gasteiger partial charge >= 0.3 is 6.01 Å². The average Bonchev–Trinajstić information content (AvgIpc) is 2.37. The van der Waals surface area contributed by atoms with Gasteiger partial charge < -0.3 is 20.9 Å². The lowest BCUT2D eigenvalue weighted by molar-refractivity contribution is 0.0762. The van der Waals surface area contributed by atoms with Crippen LogP contribution in [0.3, 0.4) is 0 Å². The van der Waals surface area contributed by atoms with Gasteiger partial charge in [-0.15, -0.1) is 0 Å². The third-order valence-electron chi connectivity index (χ3n) is 3.21. The van der Waals surface area contributed by atoms with Crippen LogP contribution in [0.25, 0.3) is 0 Å². The molecule has 1 aromatic heterocycles. The molecule has 7 heteroatoms. The molecule has 2 unspecified atom stereocenters. The van der Waals surface area contributed by atoms with Gasteiger partial charge in [0.25, 0.3) is 0 Å². The highest BCUT2D eigenvalue weighted by Crippen LogP contribution is 2.24. The zero-order valence-corrected chi connectivity index (χ0v) is 10.5. The summed E-state index contributed by atoms with van der Waals surface area (Å²) >= 11 is 0. The molecule has 100 valence electrons. The maximum atomic E-state index is 9.86. The van der Waals surface area contributed by atoms with Crippen LogP contribution >= 0.6 is 0 Å². The fourth-order valence-electron chi connectivity index (χ4n) is 2.19. The van der Waals surface area contributed by atoms with E-state index in [2.05, 4.69) is 20.3 Å². The number of aromatic nitrogens is 3. The summed E-state index contributed by atoms with van der Waals surface area (Å²) in [7, 11) is 1.48. The van der Waals surface area contributed by atoms with E-state index in [0.29, 0.717) is 12.5 Å². The number of nitrogens with one attached hydrogen (secondary N) is 1. The number of rotatable bonds is 4. The van der Waals surface area contributed by atoms with Crippen LogP contribution in [0.2, 0.25) is 0 Å². The van der Waals surface area contributed by atoms with Crippen molar-refractivity contribution in [1.29, 1.82) is 0 Å². The first-order valence-electron chi connectivity index (χ1n) is 6.16. The SMILES string of the molecule is COc1nc(N)nc(NCC2CCCCC2O)n1. The summed E-state index contributed by atoms with van der Waals surface area (Å²) in [5.41, 5.74) is 5.54. The highest BCUT2D eigenvalue weighted by molar-refractivity contribution is 5.32. The number of hydrogen-bond acceptors (Lipinski definition) is 7. The van der Waals surface area contributed by atoms with Crippen molar-refractivity contribution in [1.82, 2.24) is 15.0 Å². The highest BCUT2D eigenvalue weighted by atomic mass is 16.5. The summed E-state index contributed by atoms with van der Waals surface area (Å²) in [6.45, 7) is 0.633. The van der Waals surface area contributed by atoms with Gasteiger partial charge in [-0.3, -0.25) is 0 Å². The summed E-state index contributed by atoms with van der Waals surface area (Å²) in [6.07, 6.45) is 3.91. The van der Waals surface area contributed by atoms with E-state index in [1.807, 2.05) is 0 Å². The van der Waals surface area contributed by atoms with Crippen LogP contribution in [0.4, 0.5) is 11.9 Å². The number of aliphatic hydroxyl groups excluding tert-OH is 1. The fourth-order valence-corrected chi connectivity index (χ4v) is 2.19. The van der Waals surface area contributed by atoms with Gasteiger partial charge in [0.2, 0.25) is 11.9 Å². The number of nitrogen functional groups attached to an aromatic ring is 1. The van der Waals surface area contributed by atoms with E-state index in [1.165, 1.54) is 7.11 Å². The monoisotopic (exact) mass is 253 g/mol. The van der Waals surface area contributed by atoms with Gasteiger partial charge in [0.15, 0.2) is 0 Å². The van der Waals surface area contributed by atoms with Crippen molar-refractivity contribution in [2.75, 3.05) is 24.7 Å². The van der Waals surface area contributed by atoms with Crippen molar-refractivity contribution in [2.24, 2.45) is 5.92 Å². The number of nitrogens with two attached hydrogens (primary N) is 1. The van der Waals surface area contributed by atoms with Crippen molar-refractivity contribution < 1.29 is 9.84 Å². The largest absolute Gasteiger partial charge is 0.467 e. The van der Waals surface area contributed by atoms with Crippen molar-refractivity contribution in [2.45, 2.75) is 31.8 Å².